The quantitative estimate of drug-likeness (QED) is 0.179. The lowest BCUT2D eigenvalue weighted by atomic mass is 9.95. The van der Waals surface area contributed by atoms with Crippen LogP contribution in [0.25, 0.3) is 11.6 Å². The van der Waals surface area contributed by atoms with Crippen molar-refractivity contribution < 1.29 is 9.59 Å². The number of hydrogen-bond donors (Lipinski definition) is 2. The summed E-state index contributed by atoms with van der Waals surface area (Å²) < 4.78 is 0. The molecule has 46 heavy (non-hydrogen) atoms. The molecule has 2 unspecified atom stereocenters. The van der Waals surface area contributed by atoms with E-state index in [-0.39, 0.29) is 17.2 Å². The summed E-state index contributed by atoms with van der Waals surface area (Å²) in [6.45, 7) is 16.1. The maximum absolute atomic E-state index is 12.5. The molecule has 1 aromatic heterocycles. The molecule has 2 atom stereocenters. The lowest BCUT2D eigenvalue weighted by Crippen LogP contribution is -2.47. The lowest BCUT2D eigenvalue weighted by Gasteiger charge is -2.35. The zero-order valence-corrected chi connectivity index (χ0v) is 29.2. The number of primary amides is 1. The summed E-state index contributed by atoms with van der Waals surface area (Å²) in [6, 6.07) is 10.2. The Morgan fingerprint density at radius 2 is 1.72 bits per heavy atom. The van der Waals surface area contributed by atoms with Crippen molar-refractivity contribution in [3.8, 4) is 0 Å². The van der Waals surface area contributed by atoms with Gasteiger partial charge in [0.25, 0.3) is 5.91 Å². The first-order valence-corrected chi connectivity index (χ1v) is 17.2. The Hall–Kier alpha value is -3.62. The van der Waals surface area contributed by atoms with Crippen LogP contribution in [0.15, 0.2) is 53.7 Å². The number of nitrogens with zero attached hydrogens (tertiary/aromatic N) is 4. The molecule has 1 saturated heterocycles. The SMILES string of the molecule is CC.CCCCCC(C)CCC(=O)c1ccc(/C=C/C(C)N2CCN(C)CC2)cc1.NC(=O)c1cc(C2=CCCN=C2)cnc1N. The number of aliphatic imine (C=N–C) groups is 1. The maximum Gasteiger partial charge on any atom is 0.252 e. The Morgan fingerprint density at radius 1 is 1.02 bits per heavy atom. The number of benzene rings is 1. The molecule has 8 nitrogen and oxygen atoms in total. The molecular weight excluding hydrogens is 572 g/mol. The smallest absolute Gasteiger partial charge is 0.252 e. The first-order chi connectivity index (χ1) is 22.2. The Labute approximate surface area is 278 Å². The monoisotopic (exact) mass is 630 g/mol. The zero-order valence-electron chi connectivity index (χ0n) is 29.2. The molecule has 0 bridgehead atoms. The number of carbonyl (C=O) groups excluding carboxylic acids is 2. The minimum Gasteiger partial charge on any atom is -0.383 e. The molecule has 0 aliphatic carbocycles. The van der Waals surface area contributed by atoms with Crippen LogP contribution in [-0.2, 0) is 0 Å². The average molecular weight is 631 g/mol. The van der Waals surface area contributed by atoms with Crippen LogP contribution < -0.4 is 11.5 Å². The summed E-state index contributed by atoms with van der Waals surface area (Å²) in [5.74, 6) is 0.516. The van der Waals surface area contributed by atoms with Gasteiger partial charge in [0.1, 0.15) is 5.82 Å². The Bertz CT molecular complexity index is 1290. The third kappa shape index (κ3) is 13.4. The molecule has 3 heterocycles. The fourth-order valence-electron chi connectivity index (χ4n) is 5.32. The van der Waals surface area contributed by atoms with Crippen molar-refractivity contribution >= 4 is 35.4 Å². The van der Waals surface area contributed by atoms with E-state index in [1.54, 1.807) is 18.5 Å². The van der Waals surface area contributed by atoms with E-state index in [9.17, 15) is 9.59 Å². The van der Waals surface area contributed by atoms with Gasteiger partial charge in [-0.2, -0.15) is 0 Å². The molecule has 2 aliphatic rings. The van der Waals surface area contributed by atoms with E-state index in [0.717, 1.165) is 62.3 Å². The first-order valence-electron chi connectivity index (χ1n) is 17.2. The van der Waals surface area contributed by atoms with Gasteiger partial charge in [-0.1, -0.05) is 95.9 Å². The van der Waals surface area contributed by atoms with E-state index in [0.29, 0.717) is 18.4 Å². The van der Waals surface area contributed by atoms with Crippen molar-refractivity contribution in [3.63, 3.8) is 0 Å². The number of Topliss-reactive ketones (excluding diaryl/α,β-unsaturated/α-hetero) is 1. The van der Waals surface area contributed by atoms with Crippen LogP contribution in [0.1, 0.15) is 111 Å². The highest BCUT2D eigenvalue weighted by atomic mass is 16.1. The molecule has 0 spiro atoms. The molecule has 1 fully saturated rings. The minimum atomic E-state index is -0.569. The first kappa shape index (κ1) is 38.6. The highest BCUT2D eigenvalue weighted by Crippen LogP contribution is 2.20. The number of aromatic nitrogens is 1. The second-order valence-electron chi connectivity index (χ2n) is 12.1. The number of nitrogen functional groups attached to an aromatic ring is 1. The molecule has 0 radical (unpaired) electrons. The number of carbonyl (C=O) groups is 2. The Balaban J connectivity index is 0.000000345. The second-order valence-corrected chi connectivity index (χ2v) is 12.1. The van der Waals surface area contributed by atoms with Gasteiger partial charge >= 0.3 is 0 Å². The van der Waals surface area contributed by atoms with Gasteiger partial charge in [0, 0.05) is 68.7 Å². The lowest BCUT2D eigenvalue weighted by molar-refractivity contribution is 0.0971. The van der Waals surface area contributed by atoms with E-state index in [1.807, 2.05) is 32.1 Å². The van der Waals surface area contributed by atoms with Gasteiger partial charge in [-0.25, -0.2) is 4.98 Å². The number of ketones is 1. The number of pyridine rings is 1. The maximum atomic E-state index is 12.5. The number of allylic oxidation sites excluding steroid dienone is 1. The number of likely N-dealkylation sites (N-methyl/N-ethyl adjacent to an activating group) is 1. The highest BCUT2D eigenvalue weighted by molar-refractivity contribution is 6.11. The number of piperazine rings is 1. The number of nitrogens with two attached hydrogens (primary N) is 2. The van der Waals surface area contributed by atoms with Crippen LogP contribution in [0.4, 0.5) is 5.82 Å². The third-order valence-electron chi connectivity index (χ3n) is 8.45. The summed E-state index contributed by atoms with van der Waals surface area (Å²) >= 11 is 0. The van der Waals surface area contributed by atoms with Crippen molar-refractivity contribution in [1.29, 1.82) is 0 Å². The predicted octanol–water partition coefficient (Wildman–Crippen LogP) is 7.16. The Kier molecular flexibility index (Phi) is 17.8. The summed E-state index contributed by atoms with van der Waals surface area (Å²) in [7, 11) is 2.19. The van der Waals surface area contributed by atoms with Crippen molar-refractivity contribution in [2.24, 2.45) is 16.6 Å². The van der Waals surface area contributed by atoms with Gasteiger partial charge in [-0.3, -0.25) is 19.5 Å². The summed E-state index contributed by atoms with van der Waals surface area (Å²) in [5.41, 5.74) is 14.8. The van der Waals surface area contributed by atoms with Crippen molar-refractivity contribution in [3.05, 3.63) is 70.9 Å². The third-order valence-corrected chi connectivity index (χ3v) is 8.45. The van der Waals surface area contributed by atoms with Gasteiger partial charge in [0.15, 0.2) is 5.78 Å². The molecule has 2 aliphatic heterocycles. The van der Waals surface area contributed by atoms with Crippen LogP contribution in [-0.4, -0.2) is 78.5 Å². The molecule has 1 amide bonds. The van der Waals surface area contributed by atoms with Crippen LogP contribution >= 0.6 is 0 Å². The largest absolute Gasteiger partial charge is 0.383 e. The van der Waals surface area contributed by atoms with Crippen LogP contribution in [0.2, 0.25) is 0 Å². The van der Waals surface area contributed by atoms with Crippen LogP contribution in [0.5, 0.6) is 0 Å². The van der Waals surface area contributed by atoms with Crippen LogP contribution in [0, 0.1) is 5.92 Å². The van der Waals surface area contributed by atoms with Crippen molar-refractivity contribution in [2.45, 2.75) is 85.6 Å². The molecule has 4 N–H and O–H groups in total. The topological polar surface area (TPSA) is 118 Å². The molecule has 2 aromatic rings. The Morgan fingerprint density at radius 3 is 2.33 bits per heavy atom. The van der Waals surface area contributed by atoms with E-state index < -0.39 is 5.91 Å². The van der Waals surface area contributed by atoms with Gasteiger partial charge in [0.2, 0.25) is 0 Å². The van der Waals surface area contributed by atoms with E-state index in [4.69, 9.17) is 11.5 Å². The van der Waals surface area contributed by atoms with Crippen LogP contribution in [0.3, 0.4) is 0 Å². The van der Waals surface area contributed by atoms with Gasteiger partial charge < -0.3 is 16.4 Å². The fraction of sp³-hybridized carbons (Fsp3) is 0.526. The second kappa shape index (κ2) is 21.2. The zero-order chi connectivity index (χ0) is 33.9. The van der Waals surface area contributed by atoms with Crippen molar-refractivity contribution in [1.82, 2.24) is 14.8 Å². The van der Waals surface area contributed by atoms with Crippen molar-refractivity contribution in [2.75, 3.05) is 45.5 Å². The summed E-state index contributed by atoms with van der Waals surface area (Å²) in [6.07, 6.45) is 17.6. The number of anilines is 1. The fourth-order valence-corrected chi connectivity index (χ4v) is 5.32. The van der Waals surface area contributed by atoms with E-state index in [2.05, 4.69) is 71.9 Å². The molecule has 252 valence electrons. The number of rotatable bonds is 13. The predicted molar refractivity (Wildman–Crippen MR) is 195 cm³/mol. The van der Waals surface area contributed by atoms with E-state index >= 15 is 0 Å². The summed E-state index contributed by atoms with van der Waals surface area (Å²) in [5, 5.41) is 0. The average Bonchev–Trinajstić information content (AvgIpc) is 3.08. The number of hydrogen-bond acceptors (Lipinski definition) is 7. The number of unbranched alkanes of at least 4 members (excludes halogenated alkanes) is 2. The normalized spacial score (nSPS) is 16.4. The van der Waals surface area contributed by atoms with E-state index in [1.165, 1.54) is 31.2 Å². The van der Waals surface area contributed by atoms with Gasteiger partial charge in [-0.15, -0.1) is 0 Å². The van der Waals surface area contributed by atoms with Gasteiger partial charge in [-0.05, 0) is 49.9 Å². The highest BCUT2D eigenvalue weighted by Gasteiger charge is 2.17. The minimum absolute atomic E-state index is 0.157. The molecule has 0 saturated carbocycles. The molecule has 1 aromatic carbocycles. The van der Waals surface area contributed by atoms with Gasteiger partial charge in [0.05, 0.1) is 5.56 Å². The molecule has 4 rings (SSSR count). The molecule has 8 heteroatoms. The number of dihydropyridines is 1. The molecular formula is C38H58N6O2. The standard InChI is InChI=1S/C25H40N2O.C11H12N4O.C2H6/c1-5-6-7-8-21(2)9-16-25(28)24-14-12-23(13-15-24)11-10-22(3)27-19-17-26(4)18-20-27;12-10-9(11(13)16)4-8(6-15-10)7-2-1-3-14-5-7;1-2/h10-15,21-22H,5-9,16-20H2,1-4H3;2,4-6H,1,3H2,(H2,12,15)(H2,13,16);1-2H3/b11-10+;;. The summed E-state index contributed by atoms with van der Waals surface area (Å²) in [4.78, 5) is 36.6. The number of amides is 1.